The van der Waals surface area contributed by atoms with E-state index in [9.17, 15) is 4.79 Å². The molecule has 0 fully saturated rings. The molecule has 0 spiro atoms. The van der Waals surface area contributed by atoms with Crippen LogP contribution in [-0.2, 0) is 9.53 Å². The van der Waals surface area contributed by atoms with Crippen molar-refractivity contribution in [2.24, 2.45) is 0 Å². The second kappa shape index (κ2) is 5.81. The lowest BCUT2D eigenvalue weighted by molar-refractivity contribution is -0.147. The molecule has 0 bridgehead atoms. The van der Waals surface area contributed by atoms with Crippen molar-refractivity contribution in [1.82, 2.24) is 0 Å². The van der Waals surface area contributed by atoms with Gasteiger partial charge in [0.25, 0.3) is 0 Å². The predicted octanol–water partition coefficient (Wildman–Crippen LogP) is 2.68. The molecule has 2 heteroatoms. The zero-order valence-corrected chi connectivity index (χ0v) is 8.39. The van der Waals surface area contributed by atoms with Crippen molar-refractivity contribution in [3.63, 3.8) is 0 Å². The topological polar surface area (TPSA) is 26.3 Å². The van der Waals surface area contributed by atoms with E-state index in [1.807, 2.05) is 33.8 Å². The number of esters is 1. The summed E-state index contributed by atoms with van der Waals surface area (Å²) >= 11 is 0. The summed E-state index contributed by atoms with van der Waals surface area (Å²) in [6.07, 6.45) is 3.20. The van der Waals surface area contributed by atoms with E-state index in [0.29, 0.717) is 6.42 Å². The summed E-state index contributed by atoms with van der Waals surface area (Å²) < 4.78 is 5.07. The highest BCUT2D eigenvalue weighted by atomic mass is 16.5. The number of hydrogen-bond donors (Lipinski definition) is 0. The minimum absolute atomic E-state index is 0.0445. The smallest absolute Gasteiger partial charge is 0.309 e. The van der Waals surface area contributed by atoms with Gasteiger partial charge in [0.2, 0.25) is 0 Å². The minimum Gasteiger partial charge on any atom is -0.462 e. The van der Waals surface area contributed by atoms with Crippen LogP contribution in [0.25, 0.3) is 0 Å². The highest BCUT2D eigenvalue weighted by Gasteiger charge is 2.04. The molecule has 0 saturated heterocycles. The van der Waals surface area contributed by atoms with Crippen molar-refractivity contribution >= 4 is 5.97 Å². The normalized spacial score (nSPS) is 12.0. The van der Waals surface area contributed by atoms with Crippen LogP contribution in [0, 0.1) is 0 Å². The van der Waals surface area contributed by atoms with E-state index < -0.39 is 0 Å². The molecule has 0 N–H and O–H groups in total. The van der Waals surface area contributed by atoms with Gasteiger partial charge in [0, 0.05) is 0 Å². The third kappa shape index (κ3) is 5.96. The lowest BCUT2D eigenvalue weighted by Crippen LogP contribution is -2.12. The Balaban J connectivity index is 3.67. The van der Waals surface area contributed by atoms with Gasteiger partial charge in [-0.05, 0) is 27.2 Å². The number of hydrogen-bond acceptors (Lipinski definition) is 2. The van der Waals surface area contributed by atoms with Gasteiger partial charge in [-0.15, -0.1) is 0 Å². The summed E-state index contributed by atoms with van der Waals surface area (Å²) in [7, 11) is 0. The highest BCUT2D eigenvalue weighted by molar-refractivity contribution is 5.71. The molecule has 0 heterocycles. The summed E-state index contributed by atoms with van der Waals surface area (Å²) in [5.74, 6) is -0.134. The zero-order valence-electron chi connectivity index (χ0n) is 8.39. The Morgan fingerprint density at radius 1 is 1.50 bits per heavy atom. The van der Waals surface area contributed by atoms with Crippen LogP contribution >= 0.6 is 0 Å². The first-order valence-corrected chi connectivity index (χ1v) is 4.39. The molecule has 0 aliphatic rings. The van der Waals surface area contributed by atoms with E-state index in [1.165, 1.54) is 0 Å². The Labute approximate surface area is 74.6 Å². The monoisotopic (exact) mass is 170 g/mol. The Kier molecular flexibility index (Phi) is 5.43. The summed E-state index contributed by atoms with van der Waals surface area (Å²) in [5, 5.41) is 0. The second-order valence-corrected chi connectivity index (χ2v) is 3.19. The number of allylic oxidation sites excluding steroid dienone is 1. The largest absolute Gasteiger partial charge is 0.462 e. The average Bonchev–Trinajstić information content (AvgIpc) is 2.00. The molecule has 0 aliphatic carbocycles. The van der Waals surface area contributed by atoms with Crippen molar-refractivity contribution in [2.75, 3.05) is 0 Å². The fraction of sp³-hybridized carbons (Fsp3) is 0.700. The molecule has 1 unspecified atom stereocenters. The molecule has 0 radical (unpaired) electrons. The summed E-state index contributed by atoms with van der Waals surface area (Å²) in [6, 6.07) is 0. The fourth-order valence-electron chi connectivity index (χ4n) is 0.643. The van der Waals surface area contributed by atoms with Crippen LogP contribution < -0.4 is 0 Å². The second-order valence-electron chi connectivity index (χ2n) is 3.19. The molecule has 0 aromatic rings. The Hall–Kier alpha value is -0.790. The van der Waals surface area contributed by atoms with Crippen molar-refractivity contribution in [3.05, 3.63) is 11.6 Å². The molecular formula is C10H18O2. The lowest BCUT2D eigenvalue weighted by atomic mass is 10.2. The summed E-state index contributed by atoms with van der Waals surface area (Å²) in [5.41, 5.74) is 1.15. The first-order chi connectivity index (χ1) is 5.56. The minimum atomic E-state index is -0.134. The fourth-order valence-corrected chi connectivity index (χ4v) is 0.643. The highest BCUT2D eigenvalue weighted by Crippen LogP contribution is 2.00. The van der Waals surface area contributed by atoms with Gasteiger partial charge < -0.3 is 4.74 Å². The molecular weight excluding hydrogens is 152 g/mol. The number of rotatable bonds is 4. The maximum absolute atomic E-state index is 11.0. The first-order valence-electron chi connectivity index (χ1n) is 4.39. The van der Waals surface area contributed by atoms with Gasteiger partial charge in [-0.1, -0.05) is 18.6 Å². The molecule has 0 rings (SSSR count). The zero-order chi connectivity index (χ0) is 9.56. The van der Waals surface area contributed by atoms with E-state index in [0.717, 1.165) is 12.0 Å². The molecule has 0 amide bonds. The molecule has 0 aliphatic heterocycles. The molecule has 2 nitrogen and oxygen atoms in total. The average molecular weight is 170 g/mol. The SMILES string of the molecule is CCC(C)OC(=O)CC=C(C)C. The van der Waals surface area contributed by atoms with Crippen LogP contribution in [0.5, 0.6) is 0 Å². The number of ether oxygens (including phenoxy) is 1. The van der Waals surface area contributed by atoms with Crippen molar-refractivity contribution in [1.29, 1.82) is 0 Å². The van der Waals surface area contributed by atoms with Crippen LogP contribution in [0.15, 0.2) is 11.6 Å². The van der Waals surface area contributed by atoms with Gasteiger partial charge in [0.1, 0.15) is 0 Å². The van der Waals surface area contributed by atoms with Crippen molar-refractivity contribution in [3.8, 4) is 0 Å². The van der Waals surface area contributed by atoms with Crippen LogP contribution in [0.3, 0.4) is 0 Å². The van der Waals surface area contributed by atoms with Crippen LogP contribution in [0.4, 0.5) is 0 Å². The lowest BCUT2D eigenvalue weighted by Gasteiger charge is -2.09. The predicted molar refractivity (Wildman–Crippen MR) is 49.9 cm³/mol. The van der Waals surface area contributed by atoms with Crippen LogP contribution in [0.1, 0.15) is 40.5 Å². The summed E-state index contributed by atoms with van der Waals surface area (Å²) in [4.78, 5) is 11.0. The molecule has 70 valence electrons. The van der Waals surface area contributed by atoms with E-state index in [4.69, 9.17) is 4.74 Å². The maximum atomic E-state index is 11.0. The standard InChI is InChI=1S/C10H18O2/c1-5-9(4)12-10(11)7-6-8(2)3/h6,9H,5,7H2,1-4H3. The quantitative estimate of drug-likeness (QED) is 0.479. The van der Waals surface area contributed by atoms with Gasteiger partial charge in [-0.2, -0.15) is 0 Å². The third-order valence-electron chi connectivity index (χ3n) is 1.58. The molecule has 0 saturated carbocycles. The summed E-state index contributed by atoms with van der Waals surface area (Å²) in [6.45, 7) is 7.84. The van der Waals surface area contributed by atoms with Crippen molar-refractivity contribution < 1.29 is 9.53 Å². The van der Waals surface area contributed by atoms with E-state index in [1.54, 1.807) is 0 Å². The number of carbonyl (C=O) groups excluding carboxylic acids is 1. The Bertz CT molecular complexity index is 167. The maximum Gasteiger partial charge on any atom is 0.309 e. The van der Waals surface area contributed by atoms with Crippen molar-refractivity contribution in [2.45, 2.75) is 46.6 Å². The molecule has 0 aromatic heterocycles. The van der Waals surface area contributed by atoms with E-state index >= 15 is 0 Å². The van der Waals surface area contributed by atoms with Crippen LogP contribution in [0.2, 0.25) is 0 Å². The number of carbonyl (C=O) groups is 1. The Morgan fingerprint density at radius 2 is 2.08 bits per heavy atom. The molecule has 12 heavy (non-hydrogen) atoms. The van der Waals surface area contributed by atoms with E-state index in [-0.39, 0.29) is 12.1 Å². The van der Waals surface area contributed by atoms with Gasteiger partial charge in [-0.3, -0.25) is 4.79 Å². The van der Waals surface area contributed by atoms with Gasteiger partial charge >= 0.3 is 5.97 Å². The van der Waals surface area contributed by atoms with Crippen LogP contribution in [-0.4, -0.2) is 12.1 Å². The van der Waals surface area contributed by atoms with Gasteiger partial charge in [0.15, 0.2) is 0 Å². The third-order valence-corrected chi connectivity index (χ3v) is 1.58. The Morgan fingerprint density at radius 3 is 2.50 bits per heavy atom. The molecule has 0 aromatic carbocycles. The molecule has 1 atom stereocenters. The van der Waals surface area contributed by atoms with Gasteiger partial charge in [-0.25, -0.2) is 0 Å². The van der Waals surface area contributed by atoms with Gasteiger partial charge in [0.05, 0.1) is 12.5 Å². The van der Waals surface area contributed by atoms with E-state index in [2.05, 4.69) is 0 Å². The first kappa shape index (κ1) is 11.2.